The first-order valence-electron chi connectivity index (χ1n) is 6.47. The molecule has 0 aromatic heterocycles. The van der Waals surface area contributed by atoms with Gasteiger partial charge in [-0.3, -0.25) is 4.90 Å². The van der Waals surface area contributed by atoms with Gasteiger partial charge in [0.15, 0.2) is 0 Å². The van der Waals surface area contributed by atoms with Gasteiger partial charge in [-0.15, -0.1) is 0 Å². The molecule has 0 bridgehead atoms. The second kappa shape index (κ2) is 6.76. The van der Waals surface area contributed by atoms with E-state index in [1.165, 1.54) is 5.56 Å². The monoisotopic (exact) mass is 251 g/mol. The zero-order valence-corrected chi connectivity index (χ0v) is 11.9. The molecule has 0 heterocycles. The molecule has 0 unspecified atom stereocenters. The van der Waals surface area contributed by atoms with Crippen LogP contribution < -0.4 is 4.74 Å². The summed E-state index contributed by atoms with van der Waals surface area (Å²) in [5, 5.41) is 9.26. The second-order valence-corrected chi connectivity index (χ2v) is 5.41. The largest absolute Gasteiger partial charge is 0.494 e. The predicted octanol–water partition coefficient (Wildman–Crippen LogP) is 2.47. The first-order valence-corrected chi connectivity index (χ1v) is 6.47. The molecule has 0 fully saturated rings. The van der Waals surface area contributed by atoms with Crippen molar-refractivity contribution in [2.45, 2.75) is 32.7 Å². The molecule has 0 aliphatic carbocycles. The Labute approximate surface area is 110 Å². The predicted molar refractivity (Wildman–Crippen MR) is 75.1 cm³/mol. The van der Waals surface area contributed by atoms with Crippen molar-refractivity contribution in [1.82, 2.24) is 4.90 Å². The zero-order valence-electron chi connectivity index (χ0n) is 11.9. The van der Waals surface area contributed by atoms with E-state index in [0.717, 1.165) is 18.7 Å². The molecule has 0 saturated carbocycles. The Bertz CT molecular complexity index is 363. The minimum atomic E-state index is -0.163. The molecule has 3 nitrogen and oxygen atoms in total. The average Bonchev–Trinajstić information content (AvgIpc) is 2.34. The summed E-state index contributed by atoms with van der Waals surface area (Å²) < 4.78 is 5.69. The van der Waals surface area contributed by atoms with Crippen molar-refractivity contribution in [2.24, 2.45) is 0 Å². The molecule has 0 saturated heterocycles. The smallest absolute Gasteiger partial charge is 0.119 e. The quantitative estimate of drug-likeness (QED) is 0.756. The molecule has 1 N–H and O–H groups in total. The van der Waals surface area contributed by atoms with Gasteiger partial charge in [0.2, 0.25) is 0 Å². The number of benzene rings is 1. The molecule has 1 aromatic carbocycles. The van der Waals surface area contributed by atoms with Crippen LogP contribution in [0.25, 0.3) is 0 Å². The van der Waals surface area contributed by atoms with E-state index >= 15 is 0 Å². The second-order valence-electron chi connectivity index (χ2n) is 5.41. The molecule has 0 aliphatic heterocycles. The maximum atomic E-state index is 9.26. The molecule has 0 atom stereocenters. The Morgan fingerprint density at radius 2 is 2.06 bits per heavy atom. The lowest BCUT2D eigenvalue weighted by Gasteiger charge is -2.33. The normalized spacial score (nSPS) is 11.9. The molecule has 1 aromatic rings. The zero-order chi connectivity index (χ0) is 13.6. The van der Waals surface area contributed by atoms with Gasteiger partial charge in [0.05, 0.1) is 13.2 Å². The van der Waals surface area contributed by atoms with Crippen molar-refractivity contribution >= 4 is 0 Å². The summed E-state index contributed by atoms with van der Waals surface area (Å²) >= 11 is 0. The van der Waals surface area contributed by atoms with Crippen molar-refractivity contribution in [3.05, 3.63) is 29.8 Å². The maximum absolute atomic E-state index is 9.26. The van der Waals surface area contributed by atoms with Crippen molar-refractivity contribution in [1.29, 1.82) is 0 Å². The number of likely N-dealkylation sites (N-methyl/N-ethyl adjacent to an activating group) is 1. The summed E-state index contributed by atoms with van der Waals surface area (Å²) in [6.07, 6.45) is 0.952. The Balaban J connectivity index is 2.27. The summed E-state index contributed by atoms with van der Waals surface area (Å²) in [4.78, 5) is 2.16. The third-order valence-corrected chi connectivity index (χ3v) is 3.32. The van der Waals surface area contributed by atoms with E-state index in [1.54, 1.807) is 0 Å². The Morgan fingerprint density at radius 3 is 2.67 bits per heavy atom. The van der Waals surface area contributed by atoms with Crippen LogP contribution in [0.5, 0.6) is 5.75 Å². The van der Waals surface area contributed by atoms with Gasteiger partial charge >= 0.3 is 0 Å². The van der Waals surface area contributed by atoms with E-state index in [4.69, 9.17) is 4.74 Å². The van der Waals surface area contributed by atoms with Crippen molar-refractivity contribution < 1.29 is 9.84 Å². The highest BCUT2D eigenvalue weighted by atomic mass is 16.5. The Morgan fingerprint density at radius 1 is 1.33 bits per heavy atom. The first kappa shape index (κ1) is 15.0. The van der Waals surface area contributed by atoms with E-state index < -0.39 is 0 Å². The molecule has 0 amide bonds. The number of aliphatic hydroxyl groups is 1. The van der Waals surface area contributed by atoms with Gasteiger partial charge < -0.3 is 9.84 Å². The molecule has 0 radical (unpaired) electrons. The third kappa shape index (κ3) is 4.67. The van der Waals surface area contributed by atoms with Gasteiger partial charge in [-0.25, -0.2) is 0 Å². The molecule has 102 valence electrons. The Hall–Kier alpha value is -1.06. The minimum absolute atomic E-state index is 0.163. The number of nitrogens with zero attached hydrogens (tertiary/aromatic N) is 1. The molecule has 1 rings (SSSR count). The van der Waals surface area contributed by atoms with E-state index in [0.29, 0.717) is 6.61 Å². The summed E-state index contributed by atoms with van der Waals surface area (Å²) in [6, 6.07) is 8.09. The van der Waals surface area contributed by atoms with Gasteiger partial charge in [-0.05, 0) is 51.9 Å². The minimum Gasteiger partial charge on any atom is -0.494 e. The molecular formula is C15H25NO2. The number of hydrogen-bond acceptors (Lipinski definition) is 3. The van der Waals surface area contributed by atoms with Crippen molar-refractivity contribution in [3.8, 4) is 5.75 Å². The highest BCUT2D eigenvalue weighted by Gasteiger charge is 2.21. The number of ether oxygens (including phenoxy) is 1. The van der Waals surface area contributed by atoms with Crippen LogP contribution in [0, 0.1) is 6.92 Å². The first-order chi connectivity index (χ1) is 8.45. The van der Waals surface area contributed by atoms with Crippen LogP contribution in [0.1, 0.15) is 25.8 Å². The van der Waals surface area contributed by atoms with Gasteiger partial charge in [-0.2, -0.15) is 0 Å². The van der Waals surface area contributed by atoms with Gasteiger partial charge in [-0.1, -0.05) is 12.1 Å². The fourth-order valence-electron chi connectivity index (χ4n) is 1.62. The van der Waals surface area contributed by atoms with E-state index in [1.807, 2.05) is 39.1 Å². The van der Waals surface area contributed by atoms with Crippen molar-refractivity contribution in [2.75, 3.05) is 26.8 Å². The highest BCUT2D eigenvalue weighted by Crippen LogP contribution is 2.14. The highest BCUT2D eigenvalue weighted by molar-refractivity contribution is 5.27. The Kier molecular flexibility index (Phi) is 5.63. The van der Waals surface area contributed by atoms with Crippen LogP contribution in [0.2, 0.25) is 0 Å². The van der Waals surface area contributed by atoms with Crippen LogP contribution in [0.3, 0.4) is 0 Å². The fourth-order valence-corrected chi connectivity index (χ4v) is 1.62. The third-order valence-electron chi connectivity index (χ3n) is 3.32. The average molecular weight is 251 g/mol. The molecule has 3 heteroatoms. The van der Waals surface area contributed by atoms with Crippen LogP contribution in [-0.4, -0.2) is 42.4 Å². The van der Waals surface area contributed by atoms with Gasteiger partial charge in [0, 0.05) is 12.1 Å². The van der Waals surface area contributed by atoms with Gasteiger partial charge in [0.1, 0.15) is 5.75 Å². The summed E-state index contributed by atoms with van der Waals surface area (Å²) in [5.74, 6) is 0.930. The van der Waals surface area contributed by atoms with Crippen LogP contribution in [-0.2, 0) is 0 Å². The number of hydrogen-bond donors (Lipinski definition) is 1. The standard InChI is InChI=1S/C15H25NO2/c1-13-7-5-8-14(11-13)18-10-6-9-16(4)15(2,3)12-17/h5,7-8,11,17H,6,9-10,12H2,1-4H3. The van der Waals surface area contributed by atoms with E-state index in [9.17, 15) is 5.11 Å². The SMILES string of the molecule is Cc1cccc(OCCCN(C)C(C)(C)CO)c1. The van der Waals surface area contributed by atoms with Crippen molar-refractivity contribution in [3.63, 3.8) is 0 Å². The van der Waals surface area contributed by atoms with Gasteiger partial charge in [0.25, 0.3) is 0 Å². The summed E-state index contributed by atoms with van der Waals surface area (Å²) in [5.41, 5.74) is 1.05. The van der Waals surface area contributed by atoms with Crippen LogP contribution in [0.4, 0.5) is 0 Å². The van der Waals surface area contributed by atoms with E-state index in [-0.39, 0.29) is 12.1 Å². The van der Waals surface area contributed by atoms with E-state index in [2.05, 4.69) is 17.9 Å². The molecule has 18 heavy (non-hydrogen) atoms. The lowest BCUT2D eigenvalue weighted by Crippen LogP contribution is -2.44. The summed E-state index contributed by atoms with van der Waals surface area (Å²) in [6.45, 7) is 7.92. The topological polar surface area (TPSA) is 32.7 Å². The summed E-state index contributed by atoms with van der Waals surface area (Å²) in [7, 11) is 2.03. The number of rotatable bonds is 7. The lowest BCUT2D eigenvalue weighted by atomic mass is 10.1. The maximum Gasteiger partial charge on any atom is 0.119 e. The molecule has 0 spiro atoms. The fraction of sp³-hybridized carbons (Fsp3) is 0.600. The number of aliphatic hydroxyl groups excluding tert-OH is 1. The van der Waals surface area contributed by atoms with Crippen LogP contribution >= 0.6 is 0 Å². The van der Waals surface area contributed by atoms with Crippen LogP contribution in [0.15, 0.2) is 24.3 Å². The molecular weight excluding hydrogens is 226 g/mol. The molecule has 0 aliphatic rings. The lowest BCUT2D eigenvalue weighted by molar-refractivity contribution is 0.0747. The number of aryl methyl sites for hydroxylation is 1.